The Balaban J connectivity index is 1.52. The van der Waals surface area contributed by atoms with E-state index in [0.29, 0.717) is 23.5 Å². The second-order valence-electron chi connectivity index (χ2n) is 6.30. The summed E-state index contributed by atoms with van der Waals surface area (Å²) in [5, 5.41) is 20.0. The largest absolute Gasteiger partial charge is 0.269 e. The van der Waals surface area contributed by atoms with Crippen LogP contribution in [0.25, 0.3) is 11.2 Å². The van der Waals surface area contributed by atoms with Crippen molar-refractivity contribution < 1.29 is 4.92 Å². The first-order valence-corrected chi connectivity index (χ1v) is 9.54. The molecule has 0 N–H and O–H groups in total. The van der Waals surface area contributed by atoms with E-state index in [1.54, 1.807) is 16.8 Å². The summed E-state index contributed by atoms with van der Waals surface area (Å²) in [5.41, 5.74) is 4.71. The maximum Gasteiger partial charge on any atom is 0.269 e. The van der Waals surface area contributed by atoms with Crippen molar-refractivity contribution in [2.75, 3.05) is 0 Å². The fraction of sp³-hybridized carbons (Fsp3) is 0.158. The van der Waals surface area contributed by atoms with Crippen LogP contribution in [0.2, 0.25) is 0 Å². The average Bonchev–Trinajstić information content (AvgIpc) is 3.12. The molecule has 9 heteroatoms. The van der Waals surface area contributed by atoms with Gasteiger partial charge in [0.25, 0.3) is 5.69 Å². The van der Waals surface area contributed by atoms with Crippen molar-refractivity contribution >= 4 is 28.6 Å². The highest BCUT2D eigenvalue weighted by Gasteiger charge is 2.13. The third kappa shape index (κ3) is 3.84. The third-order valence-corrected chi connectivity index (χ3v) is 5.29. The van der Waals surface area contributed by atoms with Crippen molar-refractivity contribution in [1.82, 2.24) is 25.0 Å². The molecule has 2 aromatic carbocycles. The number of rotatable bonds is 6. The van der Waals surface area contributed by atoms with Crippen LogP contribution in [-0.2, 0) is 12.3 Å². The molecule has 0 saturated carbocycles. The molecule has 0 amide bonds. The van der Waals surface area contributed by atoms with Crippen molar-refractivity contribution in [3.05, 3.63) is 81.7 Å². The summed E-state index contributed by atoms with van der Waals surface area (Å²) in [7, 11) is 0. The first kappa shape index (κ1) is 18.1. The Kier molecular flexibility index (Phi) is 4.98. The maximum absolute atomic E-state index is 10.8. The topological polar surface area (TPSA) is 99.6 Å². The Bertz CT molecular complexity index is 1130. The van der Waals surface area contributed by atoms with Crippen LogP contribution in [-0.4, -0.2) is 29.9 Å². The quantitative estimate of drug-likeness (QED) is 0.213. The number of benzene rings is 2. The molecule has 2 aromatic heterocycles. The maximum atomic E-state index is 10.8. The zero-order chi connectivity index (χ0) is 19.5. The zero-order valence-electron chi connectivity index (χ0n) is 15.0. The van der Waals surface area contributed by atoms with Gasteiger partial charge in [-0.15, -0.1) is 5.10 Å². The highest BCUT2D eigenvalue weighted by Crippen LogP contribution is 2.26. The van der Waals surface area contributed by atoms with Crippen LogP contribution < -0.4 is 0 Å². The zero-order valence-corrected chi connectivity index (χ0v) is 15.8. The van der Waals surface area contributed by atoms with Crippen LogP contribution in [0.1, 0.15) is 16.7 Å². The fourth-order valence-corrected chi connectivity index (χ4v) is 3.60. The molecule has 0 aliphatic heterocycles. The van der Waals surface area contributed by atoms with E-state index in [2.05, 4.69) is 51.5 Å². The molecular weight excluding hydrogens is 376 g/mol. The van der Waals surface area contributed by atoms with E-state index in [-0.39, 0.29) is 5.69 Å². The average molecular weight is 392 g/mol. The van der Waals surface area contributed by atoms with Crippen LogP contribution in [0.4, 0.5) is 5.69 Å². The molecular formula is C19H16N6O2S. The molecule has 0 bridgehead atoms. The number of thioether (sulfide) groups is 1. The number of nitro benzene ring substituents is 1. The van der Waals surface area contributed by atoms with Gasteiger partial charge in [-0.3, -0.25) is 10.1 Å². The molecule has 2 heterocycles. The highest BCUT2D eigenvalue weighted by atomic mass is 32.2. The Morgan fingerprint density at radius 3 is 2.46 bits per heavy atom. The number of hydrogen-bond acceptors (Lipinski definition) is 7. The number of non-ortho nitro benzene ring substituents is 1. The van der Waals surface area contributed by atoms with Crippen LogP contribution in [0.5, 0.6) is 0 Å². The Hall–Kier alpha value is -3.33. The van der Waals surface area contributed by atoms with E-state index >= 15 is 0 Å². The first-order valence-electron chi connectivity index (χ1n) is 8.56. The van der Waals surface area contributed by atoms with Crippen LogP contribution in [0, 0.1) is 17.0 Å². The normalized spacial score (nSPS) is 11.0. The van der Waals surface area contributed by atoms with Gasteiger partial charge in [-0.1, -0.05) is 58.9 Å². The van der Waals surface area contributed by atoms with E-state index in [9.17, 15) is 10.1 Å². The lowest BCUT2D eigenvalue weighted by atomic mass is 10.1. The Morgan fingerprint density at radius 1 is 1.04 bits per heavy atom. The van der Waals surface area contributed by atoms with Crippen molar-refractivity contribution in [3.8, 4) is 0 Å². The van der Waals surface area contributed by atoms with Gasteiger partial charge in [0.15, 0.2) is 11.2 Å². The minimum atomic E-state index is -0.406. The molecule has 4 aromatic rings. The summed E-state index contributed by atoms with van der Waals surface area (Å²) in [6, 6.07) is 14.8. The molecule has 0 aliphatic rings. The lowest BCUT2D eigenvalue weighted by Gasteiger charge is -2.04. The molecule has 28 heavy (non-hydrogen) atoms. The van der Waals surface area contributed by atoms with E-state index in [1.807, 2.05) is 0 Å². The molecule has 8 nitrogen and oxygen atoms in total. The second kappa shape index (κ2) is 7.73. The number of nitrogens with zero attached hydrogens (tertiary/aromatic N) is 6. The molecule has 0 fully saturated rings. The van der Waals surface area contributed by atoms with Gasteiger partial charge < -0.3 is 0 Å². The predicted octanol–water partition coefficient (Wildman–Crippen LogP) is 3.78. The minimum absolute atomic E-state index is 0.0808. The van der Waals surface area contributed by atoms with E-state index in [0.717, 1.165) is 16.2 Å². The van der Waals surface area contributed by atoms with E-state index < -0.39 is 4.92 Å². The van der Waals surface area contributed by atoms with Gasteiger partial charge >= 0.3 is 0 Å². The summed E-state index contributed by atoms with van der Waals surface area (Å²) in [4.78, 5) is 19.0. The van der Waals surface area contributed by atoms with Gasteiger partial charge in [-0.05, 0) is 18.1 Å². The summed E-state index contributed by atoms with van der Waals surface area (Å²) >= 11 is 1.50. The number of nitro groups is 1. The molecule has 140 valence electrons. The summed E-state index contributed by atoms with van der Waals surface area (Å²) in [6.07, 6.45) is 1.51. The van der Waals surface area contributed by atoms with Crippen molar-refractivity contribution in [2.24, 2.45) is 0 Å². The van der Waals surface area contributed by atoms with Gasteiger partial charge in [0.05, 0.1) is 11.5 Å². The minimum Gasteiger partial charge on any atom is -0.258 e. The molecule has 0 spiro atoms. The van der Waals surface area contributed by atoms with Crippen LogP contribution >= 0.6 is 11.8 Å². The Labute approximate surface area is 164 Å². The lowest BCUT2D eigenvalue weighted by Crippen LogP contribution is -2.03. The van der Waals surface area contributed by atoms with Crippen LogP contribution in [0.3, 0.4) is 0 Å². The van der Waals surface area contributed by atoms with Crippen molar-refractivity contribution in [2.45, 2.75) is 24.2 Å². The van der Waals surface area contributed by atoms with Gasteiger partial charge in [-0.2, -0.15) is 0 Å². The van der Waals surface area contributed by atoms with E-state index in [4.69, 9.17) is 0 Å². The SMILES string of the molecule is Cc1ccc(Cn2nnc3c(SCc4ccc([N+](=O)[O-])cc4)ncnc32)cc1. The molecule has 0 atom stereocenters. The second-order valence-corrected chi connectivity index (χ2v) is 7.26. The third-order valence-electron chi connectivity index (χ3n) is 4.24. The lowest BCUT2D eigenvalue weighted by molar-refractivity contribution is -0.384. The standard InChI is InChI=1S/C19H16N6O2S/c1-13-2-4-14(5-3-13)10-24-18-17(22-23-24)19(21-12-20-18)28-11-15-6-8-16(9-7-15)25(26)27/h2-9,12H,10-11H2,1H3. The van der Waals surface area contributed by atoms with Crippen LogP contribution in [0.15, 0.2) is 59.9 Å². The van der Waals surface area contributed by atoms with Crippen molar-refractivity contribution in [1.29, 1.82) is 0 Å². The summed E-state index contributed by atoms with van der Waals surface area (Å²) < 4.78 is 1.76. The Morgan fingerprint density at radius 2 is 1.75 bits per heavy atom. The number of aromatic nitrogens is 5. The molecule has 0 saturated heterocycles. The smallest absolute Gasteiger partial charge is 0.258 e. The van der Waals surface area contributed by atoms with Gasteiger partial charge in [0.1, 0.15) is 11.4 Å². The number of fused-ring (bicyclic) bond motifs is 1. The summed E-state index contributed by atoms with van der Waals surface area (Å²) in [6.45, 7) is 2.64. The van der Waals surface area contributed by atoms with E-state index in [1.165, 1.54) is 35.8 Å². The molecule has 0 aliphatic carbocycles. The highest BCUT2D eigenvalue weighted by molar-refractivity contribution is 7.98. The molecule has 4 rings (SSSR count). The first-order chi connectivity index (χ1) is 13.6. The molecule has 0 unspecified atom stereocenters. The van der Waals surface area contributed by atoms with Gasteiger partial charge in [0.2, 0.25) is 0 Å². The summed E-state index contributed by atoms with van der Waals surface area (Å²) in [5.74, 6) is 0.620. The van der Waals surface area contributed by atoms with Gasteiger partial charge in [0, 0.05) is 17.9 Å². The predicted molar refractivity (Wildman–Crippen MR) is 106 cm³/mol. The van der Waals surface area contributed by atoms with Crippen molar-refractivity contribution in [3.63, 3.8) is 0 Å². The number of aryl methyl sites for hydroxylation is 1. The van der Waals surface area contributed by atoms with Gasteiger partial charge in [-0.25, -0.2) is 14.6 Å². The molecule has 0 radical (unpaired) electrons. The number of hydrogen-bond donors (Lipinski definition) is 0. The fourth-order valence-electron chi connectivity index (χ4n) is 2.72. The monoisotopic (exact) mass is 392 g/mol.